The number of sulfonamides is 1. The Bertz CT molecular complexity index is 667. The van der Waals surface area contributed by atoms with Crippen LogP contribution in [0, 0.1) is 5.92 Å². The van der Waals surface area contributed by atoms with Crippen LogP contribution in [-0.2, 0) is 14.8 Å². The van der Waals surface area contributed by atoms with Gasteiger partial charge in [0.25, 0.3) is 10.0 Å². The second kappa shape index (κ2) is 5.24. The fourth-order valence-corrected chi connectivity index (χ4v) is 3.30. The van der Waals surface area contributed by atoms with Crippen molar-refractivity contribution in [1.82, 2.24) is 4.72 Å². The number of aliphatic imine (C=N–C) groups is 1. The molecular weight excluding hydrogens is 278 g/mol. The molecule has 6 nitrogen and oxygen atoms in total. The van der Waals surface area contributed by atoms with Gasteiger partial charge in [-0.25, -0.2) is 8.42 Å². The number of carbonyl (C=O) groups excluding carboxylic acids is 1. The van der Waals surface area contributed by atoms with Gasteiger partial charge in [-0.05, 0) is 18.1 Å². The predicted octanol–water partition coefficient (Wildman–Crippen LogP) is 0.625. The Morgan fingerprint density at radius 2 is 2.05 bits per heavy atom. The van der Waals surface area contributed by atoms with Gasteiger partial charge in [-0.1, -0.05) is 32.4 Å². The predicted molar refractivity (Wildman–Crippen MR) is 75.7 cm³/mol. The third-order valence-electron chi connectivity index (χ3n) is 3.41. The standard InChI is InChI=1S/C13H17N3O3S/c1-3-8(2)11(12(14)17)15-13-9-6-4-5-7-10(9)20(18,19)16-13/h4-8,11H,3H2,1-2H3,(H2,14,17)(H,15,16)/t8-,11-/m0/s1. The molecule has 1 aromatic rings. The van der Waals surface area contributed by atoms with Crippen molar-refractivity contribution in [3.8, 4) is 0 Å². The minimum Gasteiger partial charge on any atom is -0.368 e. The Balaban J connectivity index is 2.49. The van der Waals surface area contributed by atoms with Crippen molar-refractivity contribution in [2.75, 3.05) is 0 Å². The van der Waals surface area contributed by atoms with Gasteiger partial charge < -0.3 is 5.73 Å². The molecule has 2 rings (SSSR count). The van der Waals surface area contributed by atoms with Crippen molar-refractivity contribution in [3.63, 3.8) is 0 Å². The molecule has 108 valence electrons. The van der Waals surface area contributed by atoms with Crippen molar-refractivity contribution >= 4 is 21.8 Å². The fourth-order valence-electron chi connectivity index (χ4n) is 2.06. The number of rotatable bonds is 4. The average Bonchev–Trinajstić information content (AvgIpc) is 2.67. The normalized spacial score (nSPS) is 21.0. The fraction of sp³-hybridized carbons (Fsp3) is 0.385. The van der Waals surface area contributed by atoms with E-state index in [9.17, 15) is 13.2 Å². The van der Waals surface area contributed by atoms with Crippen LogP contribution in [0.2, 0.25) is 0 Å². The molecule has 0 aromatic heterocycles. The van der Waals surface area contributed by atoms with Crippen molar-refractivity contribution in [1.29, 1.82) is 0 Å². The lowest BCUT2D eigenvalue weighted by atomic mass is 9.99. The molecule has 0 saturated heterocycles. The Morgan fingerprint density at radius 1 is 1.40 bits per heavy atom. The lowest BCUT2D eigenvalue weighted by Gasteiger charge is -2.16. The van der Waals surface area contributed by atoms with E-state index < -0.39 is 22.0 Å². The first kappa shape index (κ1) is 14.5. The highest BCUT2D eigenvalue weighted by Gasteiger charge is 2.32. The number of benzene rings is 1. The highest BCUT2D eigenvalue weighted by Crippen LogP contribution is 2.23. The summed E-state index contributed by atoms with van der Waals surface area (Å²) in [5.41, 5.74) is 5.83. The molecule has 0 radical (unpaired) electrons. The molecule has 1 aliphatic heterocycles. The van der Waals surface area contributed by atoms with Gasteiger partial charge in [-0.2, -0.15) is 0 Å². The summed E-state index contributed by atoms with van der Waals surface area (Å²) < 4.78 is 26.3. The number of primary amides is 1. The number of amides is 1. The summed E-state index contributed by atoms with van der Waals surface area (Å²) >= 11 is 0. The molecule has 0 unspecified atom stereocenters. The number of fused-ring (bicyclic) bond motifs is 1. The largest absolute Gasteiger partial charge is 0.368 e. The van der Waals surface area contributed by atoms with E-state index in [1.54, 1.807) is 18.2 Å². The second-order valence-electron chi connectivity index (χ2n) is 4.81. The van der Waals surface area contributed by atoms with Crippen LogP contribution >= 0.6 is 0 Å². The molecular formula is C13H17N3O3S. The Labute approximate surface area is 118 Å². The quantitative estimate of drug-likeness (QED) is 0.851. The first-order valence-electron chi connectivity index (χ1n) is 6.36. The van der Waals surface area contributed by atoms with E-state index in [1.807, 2.05) is 13.8 Å². The summed E-state index contributed by atoms with van der Waals surface area (Å²) in [6.07, 6.45) is 0.721. The van der Waals surface area contributed by atoms with Gasteiger partial charge in [0, 0.05) is 5.56 Å². The van der Waals surface area contributed by atoms with E-state index >= 15 is 0 Å². The zero-order valence-corrected chi connectivity index (χ0v) is 12.1. The second-order valence-corrected chi connectivity index (χ2v) is 6.46. The summed E-state index contributed by atoms with van der Waals surface area (Å²) in [5, 5.41) is 0. The summed E-state index contributed by atoms with van der Waals surface area (Å²) in [6.45, 7) is 3.78. The Morgan fingerprint density at radius 3 is 2.65 bits per heavy atom. The van der Waals surface area contributed by atoms with Crippen LogP contribution in [0.1, 0.15) is 25.8 Å². The number of hydrogen-bond donors (Lipinski definition) is 2. The van der Waals surface area contributed by atoms with Crippen molar-refractivity contribution < 1.29 is 13.2 Å². The van der Waals surface area contributed by atoms with Crippen LogP contribution < -0.4 is 10.5 Å². The molecule has 0 bridgehead atoms. The van der Waals surface area contributed by atoms with Crippen LogP contribution in [0.3, 0.4) is 0 Å². The number of nitrogens with zero attached hydrogens (tertiary/aromatic N) is 1. The first-order valence-corrected chi connectivity index (χ1v) is 7.84. The molecule has 1 aromatic carbocycles. The van der Waals surface area contributed by atoms with Gasteiger partial charge in [0.2, 0.25) is 5.91 Å². The maximum absolute atomic E-state index is 11.9. The highest BCUT2D eigenvalue weighted by atomic mass is 32.2. The monoisotopic (exact) mass is 295 g/mol. The molecule has 1 amide bonds. The number of nitrogens with two attached hydrogens (primary N) is 1. The van der Waals surface area contributed by atoms with Gasteiger partial charge in [0.1, 0.15) is 11.9 Å². The third-order valence-corrected chi connectivity index (χ3v) is 4.80. The SMILES string of the molecule is CC[C@H](C)[C@H](N=C1NS(=O)(=O)c2ccccc21)C(N)=O. The van der Waals surface area contributed by atoms with E-state index in [-0.39, 0.29) is 16.6 Å². The molecule has 3 N–H and O–H groups in total. The summed E-state index contributed by atoms with van der Waals surface area (Å²) in [7, 11) is -3.59. The van der Waals surface area contributed by atoms with Crippen LogP contribution in [-0.4, -0.2) is 26.2 Å². The number of carbonyl (C=O) groups is 1. The van der Waals surface area contributed by atoms with Gasteiger partial charge in [0.15, 0.2) is 0 Å². The third kappa shape index (κ3) is 2.53. The van der Waals surface area contributed by atoms with E-state index in [2.05, 4.69) is 9.71 Å². The number of hydrogen-bond acceptors (Lipinski definition) is 4. The van der Waals surface area contributed by atoms with Crippen molar-refractivity contribution in [3.05, 3.63) is 29.8 Å². The zero-order valence-electron chi connectivity index (χ0n) is 11.3. The molecule has 1 heterocycles. The van der Waals surface area contributed by atoms with E-state index in [0.29, 0.717) is 5.56 Å². The topological polar surface area (TPSA) is 102 Å². The molecule has 0 aliphatic carbocycles. The molecule has 2 atom stereocenters. The van der Waals surface area contributed by atoms with Crippen LogP contribution in [0.15, 0.2) is 34.2 Å². The minimum absolute atomic E-state index is 0.0581. The molecule has 0 spiro atoms. The van der Waals surface area contributed by atoms with Gasteiger partial charge >= 0.3 is 0 Å². The minimum atomic E-state index is -3.59. The summed E-state index contributed by atoms with van der Waals surface area (Å²) in [6, 6.07) is 5.77. The molecule has 0 saturated carbocycles. The van der Waals surface area contributed by atoms with Crippen molar-refractivity contribution in [2.24, 2.45) is 16.6 Å². The van der Waals surface area contributed by atoms with E-state index in [0.717, 1.165) is 6.42 Å². The lowest BCUT2D eigenvalue weighted by molar-refractivity contribution is -0.120. The average molecular weight is 295 g/mol. The van der Waals surface area contributed by atoms with Crippen LogP contribution in [0.25, 0.3) is 0 Å². The molecule has 1 aliphatic rings. The Hall–Kier alpha value is -1.89. The highest BCUT2D eigenvalue weighted by molar-refractivity contribution is 7.90. The van der Waals surface area contributed by atoms with Crippen LogP contribution in [0.5, 0.6) is 0 Å². The summed E-state index contributed by atoms with van der Waals surface area (Å²) in [5.74, 6) is -0.433. The zero-order chi connectivity index (χ0) is 14.9. The molecule has 20 heavy (non-hydrogen) atoms. The lowest BCUT2D eigenvalue weighted by Crippen LogP contribution is -2.35. The van der Waals surface area contributed by atoms with Gasteiger partial charge in [-0.15, -0.1) is 0 Å². The Kier molecular flexibility index (Phi) is 3.80. The molecule has 7 heteroatoms. The van der Waals surface area contributed by atoms with Crippen molar-refractivity contribution in [2.45, 2.75) is 31.2 Å². The van der Waals surface area contributed by atoms with Crippen LogP contribution in [0.4, 0.5) is 0 Å². The maximum atomic E-state index is 11.9. The van der Waals surface area contributed by atoms with E-state index in [4.69, 9.17) is 5.73 Å². The maximum Gasteiger partial charge on any atom is 0.263 e. The summed E-state index contributed by atoms with van der Waals surface area (Å²) in [4.78, 5) is 15.9. The smallest absolute Gasteiger partial charge is 0.263 e. The molecule has 0 fully saturated rings. The van der Waals surface area contributed by atoms with Gasteiger partial charge in [0.05, 0.1) is 4.90 Å². The van der Waals surface area contributed by atoms with Gasteiger partial charge in [-0.3, -0.25) is 14.5 Å². The first-order chi connectivity index (χ1) is 9.36. The number of amidine groups is 1. The van der Waals surface area contributed by atoms with E-state index in [1.165, 1.54) is 6.07 Å². The number of nitrogens with one attached hydrogen (secondary N) is 1.